The summed E-state index contributed by atoms with van der Waals surface area (Å²) in [6, 6.07) is 1.15. The van der Waals surface area contributed by atoms with Crippen molar-refractivity contribution in [2.24, 2.45) is 5.92 Å². The van der Waals surface area contributed by atoms with E-state index in [9.17, 15) is 4.79 Å². The molecule has 1 aliphatic carbocycles. The minimum Gasteiger partial charge on any atom is -0.460 e. The normalized spacial score (nSPS) is 36.1. The first kappa shape index (κ1) is 9.97. The van der Waals surface area contributed by atoms with E-state index in [0.29, 0.717) is 12.1 Å². The van der Waals surface area contributed by atoms with Crippen molar-refractivity contribution in [3.05, 3.63) is 0 Å². The molecule has 2 heterocycles. The average Bonchev–Trinajstić information content (AvgIpc) is 2.00. The smallest absolute Gasteiger partial charge is 0.309 e. The number of carbonyl (C=O) groups is 1. The number of rotatable bonds is 1. The van der Waals surface area contributed by atoms with Gasteiger partial charge in [-0.15, -0.1) is 0 Å². The Balaban J connectivity index is 1.86. The summed E-state index contributed by atoms with van der Waals surface area (Å²) in [5.74, 6) is 0.132. The summed E-state index contributed by atoms with van der Waals surface area (Å²) in [6.07, 6.45) is 3.18. The van der Waals surface area contributed by atoms with Crippen LogP contribution in [-0.4, -0.2) is 23.7 Å². The summed E-state index contributed by atoms with van der Waals surface area (Å²) in [5.41, 5.74) is -0.341. The molecule has 80 valence electrons. The van der Waals surface area contributed by atoms with E-state index in [-0.39, 0.29) is 17.5 Å². The molecule has 2 bridgehead atoms. The van der Waals surface area contributed by atoms with Crippen molar-refractivity contribution in [1.82, 2.24) is 5.32 Å². The van der Waals surface area contributed by atoms with Crippen molar-refractivity contribution in [3.8, 4) is 0 Å². The zero-order chi connectivity index (χ0) is 10.3. The van der Waals surface area contributed by atoms with Gasteiger partial charge in [0.25, 0.3) is 0 Å². The maximum absolute atomic E-state index is 11.7. The maximum atomic E-state index is 11.7. The number of hydrogen-bond donors (Lipinski definition) is 1. The van der Waals surface area contributed by atoms with Crippen LogP contribution in [0, 0.1) is 5.92 Å². The number of hydrogen-bond acceptors (Lipinski definition) is 3. The summed E-state index contributed by atoms with van der Waals surface area (Å²) in [5, 5.41) is 3.42. The Morgan fingerprint density at radius 2 is 1.71 bits per heavy atom. The van der Waals surface area contributed by atoms with E-state index in [1.54, 1.807) is 0 Å². The van der Waals surface area contributed by atoms with Gasteiger partial charge in [0.1, 0.15) is 5.60 Å². The summed E-state index contributed by atoms with van der Waals surface area (Å²) in [7, 11) is 0. The van der Waals surface area contributed by atoms with Gasteiger partial charge in [0, 0.05) is 12.1 Å². The topological polar surface area (TPSA) is 38.3 Å². The standard InChI is InChI=1S/C11H19NO2/c1-11(2,3)14-10(13)7-4-8-6-9(5-7)12-8/h7-9,12H,4-6H2,1-3H3. The second-order valence-electron chi connectivity index (χ2n) is 5.50. The highest BCUT2D eigenvalue weighted by molar-refractivity contribution is 5.73. The fourth-order valence-electron chi connectivity index (χ4n) is 2.34. The fraction of sp³-hybridized carbons (Fsp3) is 0.909. The molecule has 0 amide bonds. The Bertz CT molecular complexity index is 228. The molecule has 2 aliphatic heterocycles. The van der Waals surface area contributed by atoms with Gasteiger partial charge in [0.05, 0.1) is 5.92 Å². The number of nitrogens with one attached hydrogen (secondary N) is 1. The lowest BCUT2D eigenvalue weighted by Crippen LogP contribution is -2.59. The lowest BCUT2D eigenvalue weighted by molar-refractivity contribution is -0.163. The highest BCUT2D eigenvalue weighted by Crippen LogP contribution is 2.33. The third-order valence-corrected chi connectivity index (χ3v) is 2.92. The highest BCUT2D eigenvalue weighted by Gasteiger charge is 2.41. The molecule has 2 saturated heterocycles. The van der Waals surface area contributed by atoms with Crippen LogP contribution in [0.1, 0.15) is 40.0 Å². The van der Waals surface area contributed by atoms with Gasteiger partial charge in [-0.2, -0.15) is 0 Å². The molecular formula is C11H19NO2. The molecule has 1 saturated carbocycles. The van der Waals surface area contributed by atoms with Crippen molar-refractivity contribution in [3.63, 3.8) is 0 Å². The SMILES string of the molecule is CC(C)(C)OC(=O)C1CC2CC(C1)N2. The van der Waals surface area contributed by atoms with Crippen LogP contribution in [0.2, 0.25) is 0 Å². The van der Waals surface area contributed by atoms with E-state index in [1.807, 2.05) is 20.8 Å². The summed E-state index contributed by atoms with van der Waals surface area (Å²) >= 11 is 0. The molecule has 0 aromatic heterocycles. The molecule has 1 N–H and O–H groups in total. The summed E-state index contributed by atoms with van der Waals surface area (Å²) in [4.78, 5) is 11.7. The van der Waals surface area contributed by atoms with Crippen LogP contribution >= 0.6 is 0 Å². The Labute approximate surface area is 85.2 Å². The van der Waals surface area contributed by atoms with E-state index in [2.05, 4.69) is 5.32 Å². The van der Waals surface area contributed by atoms with Crippen LogP contribution in [0.5, 0.6) is 0 Å². The fourth-order valence-corrected chi connectivity index (χ4v) is 2.34. The van der Waals surface area contributed by atoms with Gasteiger partial charge in [-0.05, 0) is 40.0 Å². The van der Waals surface area contributed by atoms with Crippen molar-refractivity contribution in [1.29, 1.82) is 0 Å². The lowest BCUT2D eigenvalue weighted by Gasteiger charge is -2.46. The van der Waals surface area contributed by atoms with Gasteiger partial charge < -0.3 is 10.1 Å². The second kappa shape index (κ2) is 3.23. The zero-order valence-electron chi connectivity index (χ0n) is 9.17. The van der Waals surface area contributed by atoms with Gasteiger partial charge in [0.2, 0.25) is 0 Å². The van der Waals surface area contributed by atoms with Crippen LogP contribution in [-0.2, 0) is 9.53 Å². The average molecular weight is 197 g/mol. The zero-order valence-corrected chi connectivity index (χ0v) is 9.17. The first-order valence-corrected chi connectivity index (χ1v) is 5.43. The molecule has 3 rings (SSSR count). The molecule has 0 radical (unpaired) electrons. The lowest BCUT2D eigenvalue weighted by atomic mass is 9.76. The first-order chi connectivity index (χ1) is 6.44. The number of esters is 1. The van der Waals surface area contributed by atoms with E-state index in [0.717, 1.165) is 12.8 Å². The van der Waals surface area contributed by atoms with Crippen LogP contribution in [0.4, 0.5) is 0 Å². The third-order valence-electron chi connectivity index (χ3n) is 2.92. The van der Waals surface area contributed by atoms with Crippen molar-refractivity contribution in [2.45, 2.75) is 57.7 Å². The molecule has 3 fully saturated rings. The van der Waals surface area contributed by atoms with E-state index in [1.165, 1.54) is 6.42 Å². The molecule has 3 aliphatic rings. The van der Waals surface area contributed by atoms with Gasteiger partial charge in [-0.1, -0.05) is 0 Å². The minimum atomic E-state index is -0.341. The Morgan fingerprint density at radius 3 is 2.14 bits per heavy atom. The van der Waals surface area contributed by atoms with Crippen LogP contribution in [0.3, 0.4) is 0 Å². The Morgan fingerprint density at radius 1 is 1.21 bits per heavy atom. The van der Waals surface area contributed by atoms with Gasteiger partial charge >= 0.3 is 5.97 Å². The van der Waals surface area contributed by atoms with E-state index >= 15 is 0 Å². The van der Waals surface area contributed by atoms with Gasteiger partial charge in [-0.25, -0.2) is 0 Å². The quantitative estimate of drug-likeness (QED) is 0.647. The molecule has 0 aromatic carbocycles. The predicted molar refractivity (Wildman–Crippen MR) is 53.9 cm³/mol. The summed E-state index contributed by atoms with van der Waals surface area (Å²) in [6.45, 7) is 5.77. The van der Waals surface area contributed by atoms with Crippen molar-refractivity contribution in [2.75, 3.05) is 0 Å². The monoisotopic (exact) mass is 197 g/mol. The number of piperidine rings is 1. The molecule has 14 heavy (non-hydrogen) atoms. The molecule has 3 nitrogen and oxygen atoms in total. The molecule has 3 heteroatoms. The van der Waals surface area contributed by atoms with Crippen LogP contribution in [0.25, 0.3) is 0 Å². The Kier molecular flexibility index (Phi) is 2.30. The van der Waals surface area contributed by atoms with Crippen LogP contribution in [0.15, 0.2) is 0 Å². The molecule has 0 aromatic rings. The minimum absolute atomic E-state index is 0.00583. The van der Waals surface area contributed by atoms with Gasteiger partial charge in [0.15, 0.2) is 0 Å². The van der Waals surface area contributed by atoms with Crippen molar-refractivity contribution < 1.29 is 9.53 Å². The Hall–Kier alpha value is -0.570. The summed E-state index contributed by atoms with van der Waals surface area (Å²) < 4.78 is 5.38. The van der Waals surface area contributed by atoms with E-state index < -0.39 is 0 Å². The number of carbonyl (C=O) groups excluding carboxylic acids is 1. The second-order valence-corrected chi connectivity index (χ2v) is 5.50. The molecule has 2 atom stereocenters. The largest absolute Gasteiger partial charge is 0.460 e. The number of fused-ring (bicyclic) bond motifs is 2. The highest BCUT2D eigenvalue weighted by atomic mass is 16.6. The predicted octanol–water partition coefficient (Wildman–Crippen LogP) is 1.47. The van der Waals surface area contributed by atoms with Crippen LogP contribution < -0.4 is 5.32 Å². The maximum Gasteiger partial charge on any atom is 0.309 e. The first-order valence-electron chi connectivity index (χ1n) is 5.43. The third kappa shape index (κ3) is 2.08. The van der Waals surface area contributed by atoms with E-state index in [4.69, 9.17) is 4.74 Å². The molecule has 2 unspecified atom stereocenters. The molecular weight excluding hydrogens is 178 g/mol. The molecule has 0 spiro atoms. The number of ether oxygens (including phenoxy) is 1. The van der Waals surface area contributed by atoms with Gasteiger partial charge in [-0.3, -0.25) is 4.79 Å². The van der Waals surface area contributed by atoms with Crippen molar-refractivity contribution >= 4 is 5.97 Å².